The predicted molar refractivity (Wildman–Crippen MR) is 105 cm³/mol. The van der Waals surface area contributed by atoms with Gasteiger partial charge in [-0.3, -0.25) is 0 Å². The fraction of sp³-hybridized carbons (Fsp3) is 0.381. The molecule has 1 aliphatic heterocycles. The van der Waals surface area contributed by atoms with Gasteiger partial charge in [-0.2, -0.15) is 0 Å². The third kappa shape index (κ3) is 5.19. The summed E-state index contributed by atoms with van der Waals surface area (Å²) in [6.45, 7) is 3.87. The molecule has 1 saturated heterocycles. The third-order valence-corrected chi connectivity index (χ3v) is 5.00. The molecule has 0 bridgehead atoms. The molecule has 0 spiro atoms. The van der Waals surface area contributed by atoms with Crippen LogP contribution >= 0.6 is 12.4 Å². The Labute approximate surface area is 165 Å². The Hall–Kier alpha value is -2.14. The molecule has 1 atom stereocenters. The molecule has 0 radical (unpaired) electrons. The van der Waals surface area contributed by atoms with Crippen LogP contribution in [0.2, 0.25) is 0 Å². The third-order valence-electron chi connectivity index (χ3n) is 5.00. The van der Waals surface area contributed by atoms with Crippen LogP contribution in [0, 0.1) is 17.6 Å². The van der Waals surface area contributed by atoms with Crippen molar-refractivity contribution in [2.24, 2.45) is 5.92 Å². The van der Waals surface area contributed by atoms with Gasteiger partial charge in [-0.1, -0.05) is 24.3 Å². The minimum absolute atomic E-state index is 0. The van der Waals surface area contributed by atoms with Crippen LogP contribution in [0.4, 0.5) is 13.6 Å². The van der Waals surface area contributed by atoms with E-state index >= 15 is 0 Å². The van der Waals surface area contributed by atoms with E-state index in [9.17, 15) is 13.6 Å². The van der Waals surface area contributed by atoms with Crippen LogP contribution in [0.25, 0.3) is 0 Å². The summed E-state index contributed by atoms with van der Waals surface area (Å²) in [6.07, 6.45) is 1.88. The van der Waals surface area contributed by atoms with Crippen molar-refractivity contribution in [2.45, 2.75) is 25.7 Å². The number of halogens is 3. The second kappa shape index (κ2) is 9.70. The average Bonchev–Trinajstić information content (AvgIpc) is 2.65. The van der Waals surface area contributed by atoms with Crippen LogP contribution in [-0.4, -0.2) is 30.6 Å². The lowest BCUT2D eigenvalue weighted by atomic mass is 9.77. The molecule has 1 aliphatic rings. The molecule has 1 unspecified atom stereocenters. The molecule has 6 heteroatoms. The number of benzene rings is 2. The molecule has 2 aromatic rings. The molecule has 0 saturated carbocycles. The Morgan fingerprint density at radius 2 is 1.59 bits per heavy atom. The molecule has 1 N–H and O–H groups in total. The molecular formula is C21H25ClF2N2O. The van der Waals surface area contributed by atoms with E-state index in [0.717, 1.165) is 30.5 Å². The highest BCUT2D eigenvalue weighted by atomic mass is 35.5. The van der Waals surface area contributed by atoms with E-state index in [0.29, 0.717) is 13.1 Å². The molecule has 146 valence electrons. The Morgan fingerprint density at radius 3 is 2.07 bits per heavy atom. The van der Waals surface area contributed by atoms with Crippen molar-refractivity contribution < 1.29 is 13.6 Å². The molecular weight excluding hydrogens is 370 g/mol. The minimum atomic E-state index is -0.279. The lowest BCUT2D eigenvalue weighted by molar-refractivity contribution is 0.160. The number of amides is 2. The van der Waals surface area contributed by atoms with Crippen molar-refractivity contribution in [3.63, 3.8) is 0 Å². The smallest absolute Gasteiger partial charge is 0.317 e. The number of hydrogen-bond donors (Lipinski definition) is 1. The first kappa shape index (κ1) is 21.2. The quantitative estimate of drug-likeness (QED) is 0.781. The fourth-order valence-corrected chi connectivity index (χ4v) is 3.81. The second-order valence-electron chi connectivity index (χ2n) is 6.76. The van der Waals surface area contributed by atoms with Gasteiger partial charge in [0, 0.05) is 25.6 Å². The topological polar surface area (TPSA) is 32.3 Å². The molecule has 0 aromatic heterocycles. The van der Waals surface area contributed by atoms with E-state index in [2.05, 4.69) is 5.32 Å². The highest BCUT2D eigenvalue weighted by Crippen LogP contribution is 2.37. The summed E-state index contributed by atoms with van der Waals surface area (Å²) in [6, 6.07) is 12.9. The maximum absolute atomic E-state index is 13.4. The van der Waals surface area contributed by atoms with Crippen LogP contribution in [0.5, 0.6) is 0 Å². The van der Waals surface area contributed by atoms with Crippen molar-refractivity contribution in [3.05, 3.63) is 71.3 Å². The molecule has 27 heavy (non-hydrogen) atoms. The molecule has 2 aromatic carbocycles. The Bertz CT molecular complexity index is 691. The average molecular weight is 395 g/mol. The van der Waals surface area contributed by atoms with Gasteiger partial charge in [-0.15, -0.1) is 12.4 Å². The summed E-state index contributed by atoms with van der Waals surface area (Å²) in [5, 5.41) is 2.86. The van der Waals surface area contributed by atoms with Gasteiger partial charge in [-0.25, -0.2) is 13.6 Å². The monoisotopic (exact) mass is 394 g/mol. The standard InChI is InChI=1S/C21H24F2N2O.ClH/c1-2-24-21(26)25-13-3-4-17(14-25)20(15-5-9-18(22)10-6-15)16-7-11-19(23)12-8-16;/h5-12,17,20H,2-4,13-14H2,1H3,(H,24,26);1H. The van der Waals surface area contributed by atoms with Crippen molar-refractivity contribution in [1.29, 1.82) is 0 Å². The number of likely N-dealkylation sites (tertiary alicyclic amines) is 1. The normalized spacial score (nSPS) is 16.7. The van der Waals surface area contributed by atoms with E-state index in [1.807, 2.05) is 11.8 Å². The predicted octanol–water partition coefficient (Wildman–Crippen LogP) is 4.96. The summed E-state index contributed by atoms with van der Waals surface area (Å²) in [7, 11) is 0. The van der Waals surface area contributed by atoms with Crippen molar-refractivity contribution >= 4 is 18.4 Å². The zero-order chi connectivity index (χ0) is 18.5. The van der Waals surface area contributed by atoms with E-state index in [-0.39, 0.29) is 41.9 Å². The summed E-state index contributed by atoms with van der Waals surface area (Å²) in [5.41, 5.74) is 1.97. The second-order valence-corrected chi connectivity index (χ2v) is 6.76. The number of rotatable bonds is 4. The number of carbonyl (C=O) groups is 1. The van der Waals surface area contributed by atoms with Crippen molar-refractivity contribution in [2.75, 3.05) is 19.6 Å². The minimum Gasteiger partial charge on any atom is -0.338 e. The lowest BCUT2D eigenvalue weighted by Gasteiger charge is -2.37. The molecule has 3 rings (SSSR count). The van der Waals surface area contributed by atoms with Crippen LogP contribution in [0.15, 0.2) is 48.5 Å². The van der Waals surface area contributed by atoms with Crippen LogP contribution < -0.4 is 5.32 Å². The molecule has 2 amide bonds. The summed E-state index contributed by atoms with van der Waals surface area (Å²) in [4.78, 5) is 14.1. The Balaban J connectivity index is 0.00000261. The first-order valence-electron chi connectivity index (χ1n) is 9.12. The number of hydrogen-bond acceptors (Lipinski definition) is 1. The molecule has 1 heterocycles. The highest BCUT2D eigenvalue weighted by Gasteiger charge is 2.31. The van der Waals surface area contributed by atoms with Gasteiger partial charge in [0.25, 0.3) is 0 Å². The SMILES string of the molecule is CCNC(=O)N1CCCC(C(c2ccc(F)cc2)c2ccc(F)cc2)C1.Cl. The maximum Gasteiger partial charge on any atom is 0.317 e. The summed E-state index contributed by atoms with van der Waals surface area (Å²) >= 11 is 0. The van der Waals surface area contributed by atoms with E-state index < -0.39 is 0 Å². The fourth-order valence-electron chi connectivity index (χ4n) is 3.81. The number of carbonyl (C=O) groups excluding carboxylic acids is 1. The highest BCUT2D eigenvalue weighted by molar-refractivity contribution is 5.85. The summed E-state index contributed by atoms with van der Waals surface area (Å²) < 4.78 is 26.8. The summed E-state index contributed by atoms with van der Waals surface area (Å²) in [5.74, 6) is -0.367. The van der Waals surface area contributed by atoms with Crippen LogP contribution in [-0.2, 0) is 0 Å². The lowest BCUT2D eigenvalue weighted by Crippen LogP contribution is -2.46. The zero-order valence-corrected chi connectivity index (χ0v) is 16.1. The van der Waals surface area contributed by atoms with Crippen LogP contribution in [0.3, 0.4) is 0 Å². The first-order valence-corrected chi connectivity index (χ1v) is 9.12. The molecule has 0 aliphatic carbocycles. The largest absolute Gasteiger partial charge is 0.338 e. The number of piperidine rings is 1. The Morgan fingerprint density at radius 1 is 1.07 bits per heavy atom. The number of nitrogens with one attached hydrogen (secondary N) is 1. The zero-order valence-electron chi connectivity index (χ0n) is 15.3. The van der Waals surface area contributed by atoms with Gasteiger partial charge in [0.05, 0.1) is 0 Å². The van der Waals surface area contributed by atoms with E-state index in [1.165, 1.54) is 24.3 Å². The van der Waals surface area contributed by atoms with Gasteiger partial charge in [0.15, 0.2) is 0 Å². The van der Waals surface area contributed by atoms with E-state index in [1.54, 1.807) is 24.3 Å². The molecule has 1 fully saturated rings. The van der Waals surface area contributed by atoms with Gasteiger partial charge in [0.2, 0.25) is 0 Å². The number of urea groups is 1. The first-order chi connectivity index (χ1) is 12.6. The molecule has 3 nitrogen and oxygen atoms in total. The van der Waals surface area contributed by atoms with Crippen LogP contribution in [0.1, 0.15) is 36.8 Å². The number of nitrogens with zero attached hydrogens (tertiary/aromatic N) is 1. The van der Waals surface area contributed by atoms with E-state index in [4.69, 9.17) is 0 Å². The van der Waals surface area contributed by atoms with Gasteiger partial charge >= 0.3 is 6.03 Å². The Kier molecular flexibility index (Phi) is 7.60. The van der Waals surface area contributed by atoms with Crippen molar-refractivity contribution in [1.82, 2.24) is 10.2 Å². The van der Waals surface area contributed by atoms with Crippen molar-refractivity contribution in [3.8, 4) is 0 Å². The van der Waals surface area contributed by atoms with Gasteiger partial charge in [0.1, 0.15) is 11.6 Å². The maximum atomic E-state index is 13.4. The van der Waals surface area contributed by atoms with Gasteiger partial charge in [-0.05, 0) is 61.1 Å². The van der Waals surface area contributed by atoms with Gasteiger partial charge < -0.3 is 10.2 Å².